The number of amides is 1. The van der Waals surface area contributed by atoms with Crippen LogP contribution in [0.3, 0.4) is 0 Å². The van der Waals surface area contributed by atoms with E-state index in [0.717, 1.165) is 16.9 Å². The number of imidazole rings is 2. The second-order valence-electron chi connectivity index (χ2n) is 6.35. The molecule has 142 valence electrons. The molecule has 28 heavy (non-hydrogen) atoms. The van der Waals surface area contributed by atoms with E-state index in [1.54, 1.807) is 22.9 Å². The van der Waals surface area contributed by atoms with Gasteiger partial charge in [-0.05, 0) is 55.5 Å². The fourth-order valence-corrected chi connectivity index (χ4v) is 3.49. The first kappa shape index (κ1) is 18.1. The molecule has 2 aromatic carbocycles. The third kappa shape index (κ3) is 3.34. The number of halogens is 1. The fraction of sp³-hybridized carbons (Fsp3) is 0.150. The SMILES string of the molecule is Cc1nc2ccccc2n1CCNC(=O)c1c[nH]c(=S)n1-c1ccc(F)cc1. The highest BCUT2D eigenvalue weighted by Crippen LogP contribution is 2.16. The van der Waals surface area contributed by atoms with Crippen LogP contribution in [-0.4, -0.2) is 31.6 Å². The Labute approximate surface area is 165 Å². The lowest BCUT2D eigenvalue weighted by molar-refractivity contribution is 0.0945. The number of nitrogens with one attached hydrogen (secondary N) is 2. The Morgan fingerprint density at radius 1 is 1.21 bits per heavy atom. The molecule has 0 saturated heterocycles. The first-order valence-corrected chi connectivity index (χ1v) is 9.22. The molecule has 0 aliphatic carbocycles. The molecule has 4 rings (SSSR count). The van der Waals surface area contributed by atoms with Crippen molar-refractivity contribution in [2.75, 3.05) is 6.54 Å². The van der Waals surface area contributed by atoms with Crippen LogP contribution in [-0.2, 0) is 6.54 Å². The van der Waals surface area contributed by atoms with Gasteiger partial charge in [-0.2, -0.15) is 0 Å². The molecule has 2 aromatic heterocycles. The Balaban J connectivity index is 1.51. The monoisotopic (exact) mass is 395 g/mol. The van der Waals surface area contributed by atoms with Crippen LogP contribution in [0.1, 0.15) is 16.3 Å². The molecule has 0 spiro atoms. The number of para-hydroxylation sites is 2. The predicted molar refractivity (Wildman–Crippen MR) is 108 cm³/mol. The molecule has 0 atom stereocenters. The van der Waals surface area contributed by atoms with Crippen molar-refractivity contribution < 1.29 is 9.18 Å². The number of aromatic nitrogens is 4. The van der Waals surface area contributed by atoms with Crippen molar-refractivity contribution in [2.24, 2.45) is 0 Å². The van der Waals surface area contributed by atoms with Crippen LogP contribution >= 0.6 is 12.2 Å². The van der Waals surface area contributed by atoms with Gasteiger partial charge in [-0.3, -0.25) is 9.36 Å². The van der Waals surface area contributed by atoms with Gasteiger partial charge in [0.15, 0.2) is 4.77 Å². The number of benzene rings is 2. The van der Waals surface area contributed by atoms with E-state index in [1.165, 1.54) is 12.1 Å². The first-order valence-electron chi connectivity index (χ1n) is 8.81. The van der Waals surface area contributed by atoms with Gasteiger partial charge in [0.05, 0.1) is 11.0 Å². The van der Waals surface area contributed by atoms with Crippen molar-refractivity contribution in [2.45, 2.75) is 13.5 Å². The van der Waals surface area contributed by atoms with E-state index in [1.807, 2.05) is 31.2 Å². The smallest absolute Gasteiger partial charge is 0.269 e. The van der Waals surface area contributed by atoms with Gasteiger partial charge in [0.25, 0.3) is 5.91 Å². The molecule has 0 unspecified atom stereocenters. The van der Waals surface area contributed by atoms with E-state index in [0.29, 0.717) is 29.2 Å². The van der Waals surface area contributed by atoms with Crippen LogP contribution < -0.4 is 5.32 Å². The Morgan fingerprint density at radius 2 is 1.96 bits per heavy atom. The minimum atomic E-state index is -0.347. The molecule has 8 heteroatoms. The van der Waals surface area contributed by atoms with Crippen LogP contribution in [0.25, 0.3) is 16.7 Å². The number of hydrogen-bond acceptors (Lipinski definition) is 3. The maximum Gasteiger partial charge on any atom is 0.269 e. The van der Waals surface area contributed by atoms with Gasteiger partial charge in [0.1, 0.15) is 17.3 Å². The zero-order chi connectivity index (χ0) is 19.7. The highest BCUT2D eigenvalue weighted by Gasteiger charge is 2.14. The Kier molecular flexibility index (Phi) is 4.79. The lowest BCUT2D eigenvalue weighted by Crippen LogP contribution is -2.29. The van der Waals surface area contributed by atoms with Gasteiger partial charge in [-0.25, -0.2) is 9.37 Å². The molecule has 0 aliphatic rings. The minimum Gasteiger partial charge on any atom is -0.349 e. The van der Waals surface area contributed by atoms with Crippen molar-refractivity contribution in [1.29, 1.82) is 0 Å². The molecule has 4 aromatic rings. The van der Waals surface area contributed by atoms with Crippen LogP contribution in [0.15, 0.2) is 54.7 Å². The average molecular weight is 395 g/mol. The van der Waals surface area contributed by atoms with E-state index >= 15 is 0 Å². The molecular weight excluding hydrogens is 377 g/mol. The van der Waals surface area contributed by atoms with Gasteiger partial charge >= 0.3 is 0 Å². The third-order valence-electron chi connectivity index (χ3n) is 4.56. The number of carbonyl (C=O) groups is 1. The summed E-state index contributed by atoms with van der Waals surface area (Å²) in [7, 11) is 0. The largest absolute Gasteiger partial charge is 0.349 e. The molecule has 2 N–H and O–H groups in total. The first-order chi connectivity index (χ1) is 13.5. The maximum atomic E-state index is 13.2. The summed E-state index contributed by atoms with van der Waals surface area (Å²) in [6, 6.07) is 13.7. The van der Waals surface area contributed by atoms with Crippen LogP contribution in [0.5, 0.6) is 0 Å². The van der Waals surface area contributed by atoms with E-state index in [9.17, 15) is 9.18 Å². The number of rotatable bonds is 5. The fourth-order valence-electron chi connectivity index (χ4n) is 3.23. The predicted octanol–water partition coefficient (Wildman–Crippen LogP) is 3.76. The topological polar surface area (TPSA) is 67.6 Å². The number of aromatic amines is 1. The third-order valence-corrected chi connectivity index (χ3v) is 4.86. The van der Waals surface area contributed by atoms with Gasteiger partial charge in [-0.15, -0.1) is 0 Å². The van der Waals surface area contributed by atoms with E-state index < -0.39 is 0 Å². The summed E-state index contributed by atoms with van der Waals surface area (Å²) >= 11 is 5.28. The normalized spacial score (nSPS) is 11.1. The van der Waals surface area contributed by atoms with Gasteiger partial charge in [0, 0.05) is 25.0 Å². The van der Waals surface area contributed by atoms with E-state index in [4.69, 9.17) is 12.2 Å². The molecule has 6 nitrogen and oxygen atoms in total. The average Bonchev–Trinajstić information content (AvgIpc) is 3.22. The van der Waals surface area contributed by atoms with Crippen molar-refractivity contribution in [1.82, 2.24) is 24.4 Å². The summed E-state index contributed by atoms with van der Waals surface area (Å²) in [4.78, 5) is 20.1. The molecule has 0 bridgehead atoms. The Hall–Kier alpha value is -3.26. The number of H-pyrrole nitrogens is 1. The number of fused-ring (bicyclic) bond motifs is 1. The van der Waals surface area contributed by atoms with Crippen LogP contribution in [0.2, 0.25) is 0 Å². The lowest BCUT2D eigenvalue weighted by atomic mass is 10.3. The van der Waals surface area contributed by atoms with Crippen molar-refractivity contribution >= 4 is 29.2 Å². The molecule has 0 radical (unpaired) electrons. The highest BCUT2D eigenvalue weighted by atomic mass is 32.1. The molecule has 0 aliphatic heterocycles. The van der Waals surface area contributed by atoms with E-state index in [-0.39, 0.29) is 11.7 Å². The number of hydrogen-bond donors (Lipinski definition) is 2. The summed E-state index contributed by atoms with van der Waals surface area (Å²) in [5.74, 6) is 0.282. The van der Waals surface area contributed by atoms with E-state index in [2.05, 4.69) is 19.9 Å². The Bertz CT molecular complexity index is 1210. The quantitative estimate of drug-likeness (QED) is 0.506. The standard InChI is InChI=1S/C20H18FN5OS/c1-13-24-16-4-2-3-5-17(16)25(13)11-10-22-19(27)18-12-23-20(28)26(18)15-8-6-14(21)7-9-15/h2-9,12H,10-11H2,1H3,(H,22,27)(H,23,28). The molecule has 1 amide bonds. The summed E-state index contributed by atoms with van der Waals surface area (Å²) in [5.41, 5.74) is 2.95. The van der Waals surface area contributed by atoms with Gasteiger partial charge in [-0.1, -0.05) is 12.1 Å². The summed E-state index contributed by atoms with van der Waals surface area (Å²) in [6.07, 6.45) is 1.55. The number of nitrogens with zero attached hydrogens (tertiary/aromatic N) is 3. The lowest BCUT2D eigenvalue weighted by Gasteiger charge is -2.11. The van der Waals surface area contributed by atoms with Crippen LogP contribution in [0, 0.1) is 17.5 Å². The summed E-state index contributed by atoms with van der Waals surface area (Å²) in [6.45, 7) is 2.97. The highest BCUT2D eigenvalue weighted by molar-refractivity contribution is 7.71. The summed E-state index contributed by atoms with van der Waals surface area (Å²) in [5, 5.41) is 2.92. The summed E-state index contributed by atoms with van der Waals surface area (Å²) < 4.78 is 17.2. The Morgan fingerprint density at radius 3 is 2.75 bits per heavy atom. The molecule has 0 saturated carbocycles. The minimum absolute atomic E-state index is 0.265. The van der Waals surface area contributed by atoms with Gasteiger partial charge in [0.2, 0.25) is 0 Å². The molecule has 2 heterocycles. The zero-order valence-electron chi connectivity index (χ0n) is 15.1. The molecule has 0 fully saturated rings. The van der Waals surface area contributed by atoms with Crippen LogP contribution in [0.4, 0.5) is 4.39 Å². The second kappa shape index (κ2) is 7.40. The maximum absolute atomic E-state index is 13.2. The van der Waals surface area contributed by atoms with Gasteiger partial charge < -0.3 is 14.9 Å². The molecular formula is C20H18FN5OS. The zero-order valence-corrected chi connectivity index (χ0v) is 16.0. The van der Waals surface area contributed by atoms with Crippen molar-refractivity contribution in [3.05, 3.63) is 76.8 Å². The van der Waals surface area contributed by atoms with Crippen molar-refractivity contribution in [3.8, 4) is 5.69 Å². The number of carbonyl (C=O) groups excluding carboxylic acids is 1. The number of aryl methyl sites for hydroxylation is 1. The van der Waals surface area contributed by atoms with Crippen molar-refractivity contribution in [3.63, 3.8) is 0 Å². The second-order valence-corrected chi connectivity index (χ2v) is 6.73.